The first kappa shape index (κ1) is 13.3. The van der Waals surface area contributed by atoms with E-state index < -0.39 is 0 Å². The normalized spacial score (nSPS) is 16.1. The van der Waals surface area contributed by atoms with Crippen molar-refractivity contribution in [2.75, 3.05) is 0 Å². The van der Waals surface area contributed by atoms with Gasteiger partial charge in [-0.3, -0.25) is 4.79 Å². The number of hydrogen-bond donors (Lipinski definition) is 0. The van der Waals surface area contributed by atoms with E-state index in [9.17, 15) is 4.79 Å². The molecule has 0 N–H and O–H groups in total. The van der Waals surface area contributed by atoms with Crippen molar-refractivity contribution in [1.29, 1.82) is 0 Å². The molecule has 0 spiro atoms. The molecular formula is C14H18N4OS. The first-order valence-electron chi connectivity index (χ1n) is 6.85. The van der Waals surface area contributed by atoms with Crippen molar-refractivity contribution in [3.8, 4) is 0 Å². The Morgan fingerprint density at radius 2 is 2.30 bits per heavy atom. The third-order valence-corrected chi connectivity index (χ3v) is 4.46. The van der Waals surface area contributed by atoms with Gasteiger partial charge in [0.15, 0.2) is 0 Å². The van der Waals surface area contributed by atoms with Crippen molar-refractivity contribution < 1.29 is 4.79 Å². The number of imidazole rings is 1. The number of thiazole rings is 1. The van der Waals surface area contributed by atoms with Gasteiger partial charge >= 0.3 is 0 Å². The summed E-state index contributed by atoms with van der Waals surface area (Å²) in [4.78, 5) is 23.2. The Bertz CT molecular complexity index is 588. The summed E-state index contributed by atoms with van der Waals surface area (Å²) in [5.41, 5.74) is 0. The highest BCUT2D eigenvalue weighted by molar-refractivity contribution is 7.09. The summed E-state index contributed by atoms with van der Waals surface area (Å²) >= 11 is 1.60. The van der Waals surface area contributed by atoms with E-state index in [1.807, 2.05) is 34.9 Å². The zero-order chi connectivity index (χ0) is 14.1. The average Bonchev–Trinajstić information content (AvgIpc) is 2.97. The van der Waals surface area contributed by atoms with Crippen LogP contribution in [0.15, 0.2) is 24.0 Å². The van der Waals surface area contributed by atoms with Crippen molar-refractivity contribution >= 4 is 17.2 Å². The quantitative estimate of drug-likeness (QED) is 0.849. The molecule has 1 aliphatic rings. The minimum atomic E-state index is -0.210. The van der Waals surface area contributed by atoms with Crippen molar-refractivity contribution in [3.05, 3.63) is 34.8 Å². The Labute approximate surface area is 122 Å². The number of amides is 1. The molecule has 0 radical (unpaired) electrons. The zero-order valence-electron chi connectivity index (χ0n) is 11.7. The van der Waals surface area contributed by atoms with Crippen LogP contribution < -0.4 is 0 Å². The van der Waals surface area contributed by atoms with Crippen LogP contribution in [0, 0.1) is 6.92 Å². The van der Waals surface area contributed by atoms with Gasteiger partial charge in [0.25, 0.3) is 0 Å². The standard InChI is InChI=1S/C14H18N4OS/c1-10(17-7-5-15-11(17)2)14(19)18(12-3-4-12)9-13-16-6-8-20-13/h5-8,10,12H,3-4,9H2,1-2H3/t10-/m1/s1. The molecule has 1 atom stereocenters. The fraction of sp³-hybridized carbons (Fsp3) is 0.500. The molecule has 20 heavy (non-hydrogen) atoms. The van der Waals surface area contributed by atoms with Gasteiger partial charge in [-0.05, 0) is 26.7 Å². The third-order valence-electron chi connectivity index (χ3n) is 3.70. The molecule has 0 bridgehead atoms. The third kappa shape index (κ3) is 2.60. The first-order valence-corrected chi connectivity index (χ1v) is 7.73. The number of carbonyl (C=O) groups excluding carboxylic acids is 1. The molecule has 2 aromatic rings. The molecule has 6 heteroatoms. The second-order valence-electron chi connectivity index (χ2n) is 5.18. The molecule has 2 heterocycles. The predicted octanol–water partition coefficient (Wildman–Crippen LogP) is 2.40. The van der Waals surface area contributed by atoms with E-state index in [1.54, 1.807) is 23.7 Å². The smallest absolute Gasteiger partial charge is 0.246 e. The maximum Gasteiger partial charge on any atom is 0.246 e. The summed E-state index contributed by atoms with van der Waals surface area (Å²) < 4.78 is 1.93. The van der Waals surface area contributed by atoms with Gasteiger partial charge in [-0.2, -0.15) is 0 Å². The zero-order valence-corrected chi connectivity index (χ0v) is 12.5. The van der Waals surface area contributed by atoms with Crippen molar-refractivity contribution in [2.24, 2.45) is 0 Å². The van der Waals surface area contributed by atoms with E-state index in [2.05, 4.69) is 9.97 Å². The van der Waals surface area contributed by atoms with Crippen LogP contribution in [-0.4, -0.2) is 31.4 Å². The van der Waals surface area contributed by atoms with Gasteiger partial charge in [0, 0.05) is 30.0 Å². The lowest BCUT2D eigenvalue weighted by Crippen LogP contribution is -2.37. The molecule has 0 aliphatic heterocycles. The van der Waals surface area contributed by atoms with E-state index in [0.717, 1.165) is 23.7 Å². The second-order valence-corrected chi connectivity index (χ2v) is 6.16. The van der Waals surface area contributed by atoms with E-state index in [1.165, 1.54) is 0 Å². The highest BCUT2D eigenvalue weighted by Gasteiger charge is 2.35. The van der Waals surface area contributed by atoms with Crippen LogP contribution in [-0.2, 0) is 11.3 Å². The van der Waals surface area contributed by atoms with Crippen LogP contribution in [0.1, 0.15) is 36.6 Å². The minimum Gasteiger partial charge on any atom is -0.331 e. The highest BCUT2D eigenvalue weighted by atomic mass is 32.1. The van der Waals surface area contributed by atoms with E-state index in [4.69, 9.17) is 0 Å². The van der Waals surface area contributed by atoms with Crippen LogP contribution in [0.4, 0.5) is 0 Å². The summed E-state index contributed by atoms with van der Waals surface area (Å²) in [5, 5.41) is 2.95. The highest BCUT2D eigenvalue weighted by Crippen LogP contribution is 2.31. The van der Waals surface area contributed by atoms with Crippen LogP contribution in [0.3, 0.4) is 0 Å². The Morgan fingerprint density at radius 1 is 1.50 bits per heavy atom. The summed E-state index contributed by atoms with van der Waals surface area (Å²) in [6.45, 7) is 4.49. The number of aromatic nitrogens is 3. The lowest BCUT2D eigenvalue weighted by Gasteiger charge is -2.26. The van der Waals surface area contributed by atoms with Gasteiger partial charge in [0.05, 0.1) is 6.54 Å². The lowest BCUT2D eigenvalue weighted by molar-refractivity contribution is -0.135. The van der Waals surface area contributed by atoms with E-state index in [-0.39, 0.29) is 11.9 Å². The Hall–Kier alpha value is -1.69. The van der Waals surface area contributed by atoms with Gasteiger partial charge in [-0.15, -0.1) is 11.3 Å². The molecule has 0 aromatic carbocycles. The Kier molecular flexibility index (Phi) is 3.56. The summed E-state index contributed by atoms with van der Waals surface area (Å²) in [7, 11) is 0. The predicted molar refractivity (Wildman–Crippen MR) is 77.4 cm³/mol. The van der Waals surface area contributed by atoms with Crippen molar-refractivity contribution in [1.82, 2.24) is 19.4 Å². The van der Waals surface area contributed by atoms with Crippen LogP contribution >= 0.6 is 11.3 Å². The molecule has 5 nitrogen and oxygen atoms in total. The molecule has 3 rings (SSSR count). The number of nitrogens with zero attached hydrogens (tertiary/aromatic N) is 4. The number of hydrogen-bond acceptors (Lipinski definition) is 4. The maximum absolute atomic E-state index is 12.8. The molecule has 0 saturated heterocycles. The van der Waals surface area contributed by atoms with Crippen LogP contribution in [0.2, 0.25) is 0 Å². The summed E-state index contributed by atoms with van der Waals surface area (Å²) in [6, 6.07) is 0.177. The second kappa shape index (κ2) is 5.36. The molecule has 1 fully saturated rings. The number of carbonyl (C=O) groups is 1. The fourth-order valence-corrected chi connectivity index (χ4v) is 3.02. The molecule has 2 aromatic heterocycles. The van der Waals surface area contributed by atoms with E-state index >= 15 is 0 Å². The molecule has 1 amide bonds. The molecule has 1 saturated carbocycles. The first-order chi connectivity index (χ1) is 9.66. The van der Waals surface area contributed by atoms with Crippen LogP contribution in [0.25, 0.3) is 0 Å². The molecule has 0 unspecified atom stereocenters. The SMILES string of the molecule is Cc1nccn1[C@H](C)C(=O)N(Cc1nccs1)C1CC1. The monoisotopic (exact) mass is 290 g/mol. The van der Waals surface area contributed by atoms with Crippen molar-refractivity contribution in [2.45, 2.75) is 45.3 Å². The fourth-order valence-electron chi connectivity index (χ4n) is 2.41. The molecular weight excluding hydrogens is 272 g/mol. The molecule has 1 aliphatic carbocycles. The topological polar surface area (TPSA) is 51.0 Å². The van der Waals surface area contributed by atoms with E-state index in [0.29, 0.717) is 12.6 Å². The number of aryl methyl sites for hydroxylation is 1. The number of rotatable bonds is 5. The largest absolute Gasteiger partial charge is 0.331 e. The van der Waals surface area contributed by atoms with Gasteiger partial charge in [0.1, 0.15) is 16.9 Å². The van der Waals surface area contributed by atoms with Gasteiger partial charge < -0.3 is 9.47 Å². The average molecular weight is 290 g/mol. The Balaban J connectivity index is 1.77. The lowest BCUT2D eigenvalue weighted by atomic mass is 10.2. The maximum atomic E-state index is 12.8. The van der Waals surface area contributed by atoms with Gasteiger partial charge in [0.2, 0.25) is 5.91 Å². The van der Waals surface area contributed by atoms with Gasteiger partial charge in [-0.1, -0.05) is 0 Å². The van der Waals surface area contributed by atoms with Gasteiger partial charge in [-0.25, -0.2) is 9.97 Å². The summed E-state index contributed by atoms with van der Waals surface area (Å²) in [6.07, 6.45) is 7.60. The van der Waals surface area contributed by atoms with Crippen molar-refractivity contribution in [3.63, 3.8) is 0 Å². The van der Waals surface area contributed by atoms with Crippen LogP contribution in [0.5, 0.6) is 0 Å². The summed E-state index contributed by atoms with van der Waals surface area (Å²) in [5.74, 6) is 1.03. The Morgan fingerprint density at radius 3 is 2.85 bits per heavy atom. The minimum absolute atomic E-state index is 0.156. The molecule has 106 valence electrons.